The van der Waals surface area contributed by atoms with E-state index in [1.807, 2.05) is 53.5 Å². The van der Waals surface area contributed by atoms with E-state index >= 15 is 0 Å². The molecule has 0 aliphatic carbocycles. The van der Waals surface area contributed by atoms with Gasteiger partial charge in [-0.3, -0.25) is 14.6 Å². The Labute approximate surface area is 165 Å². The predicted molar refractivity (Wildman–Crippen MR) is 109 cm³/mol. The maximum absolute atomic E-state index is 12.6. The van der Waals surface area contributed by atoms with E-state index in [2.05, 4.69) is 27.3 Å². The van der Waals surface area contributed by atoms with Crippen molar-refractivity contribution < 1.29 is 14.3 Å². The summed E-state index contributed by atoms with van der Waals surface area (Å²) in [6.07, 6.45) is 2.32. The van der Waals surface area contributed by atoms with Crippen LogP contribution in [0.1, 0.15) is 37.3 Å². The minimum absolute atomic E-state index is 0.0105. The Morgan fingerprint density at radius 3 is 2.43 bits per heavy atom. The van der Waals surface area contributed by atoms with E-state index in [0.29, 0.717) is 31.5 Å². The summed E-state index contributed by atoms with van der Waals surface area (Å²) >= 11 is 0. The highest BCUT2D eigenvalue weighted by Gasteiger charge is 2.32. The lowest BCUT2D eigenvalue weighted by molar-refractivity contribution is -0.140. The number of anilines is 1. The van der Waals surface area contributed by atoms with Gasteiger partial charge in [0.05, 0.1) is 18.8 Å². The van der Waals surface area contributed by atoms with Gasteiger partial charge in [0, 0.05) is 19.4 Å². The van der Waals surface area contributed by atoms with Crippen molar-refractivity contribution in [3.8, 4) is 0 Å². The molecule has 6 heteroatoms. The summed E-state index contributed by atoms with van der Waals surface area (Å²) in [4.78, 5) is 23.7. The molecule has 1 aliphatic heterocycles. The molecule has 1 amide bonds. The van der Waals surface area contributed by atoms with Gasteiger partial charge in [0.15, 0.2) is 0 Å². The number of carbonyl (C=O) groups excluding carboxylic acids is 2. The number of benzene rings is 2. The Kier molecular flexibility index (Phi) is 6.78. The van der Waals surface area contributed by atoms with Crippen molar-refractivity contribution in [1.29, 1.82) is 0 Å². The zero-order valence-corrected chi connectivity index (χ0v) is 16.0. The van der Waals surface area contributed by atoms with Gasteiger partial charge < -0.3 is 10.1 Å². The van der Waals surface area contributed by atoms with Crippen LogP contribution in [0.4, 0.5) is 5.69 Å². The van der Waals surface area contributed by atoms with Crippen molar-refractivity contribution in [3.63, 3.8) is 0 Å². The summed E-state index contributed by atoms with van der Waals surface area (Å²) in [5, 5.41) is 9.45. The number of methoxy groups -OCH3 is 1. The molecule has 6 nitrogen and oxygen atoms in total. The predicted octanol–water partition coefficient (Wildman–Crippen LogP) is 3.45. The van der Waals surface area contributed by atoms with Gasteiger partial charge in [-0.25, -0.2) is 0 Å². The van der Waals surface area contributed by atoms with E-state index in [1.165, 1.54) is 7.11 Å². The number of unbranched alkanes of at least 4 members (excludes halogenated alkanes) is 1. The molecule has 1 atom stereocenters. The number of ether oxygens (including phenoxy) is 1. The van der Waals surface area contributed by atoms with Crippen LogP contribution in [0.25, 0.3) is 0 Å². The minimum Gasteiger partial charge on any atom is -0.469 e. The van der Waals surface area contributed by atoms with Crippen molar-refractivity contribution in [3.05, 3.63) is 66.2 Å². The average molecular weight is 379 g/mol. The van der Waals surface area contributed by atoms with Crippen LogP contribution in [0.5, 0.6) is 0 Å². The highest BCUT2D eigenvalue weighted by atomic mass is 16.5. The number of nitrogens with zero attached hydrogens (tertiary/aromatic N) is 2. The Morgan fingerprint density at radius 1 is 1.07 bits per heavy atom. The molecule has 0 bridgehead atoms. The van der Waals surface area contributed by atoms with Gasteiger partial charge in [0.2, 0.25) is 0 Å². The van der Waals surface area contributed by atoms with Crippen LogP contribution in [0, 0.1) is 0 Å². The number of esters is 1. The number of nitrogens with one attached hydrogen (secondary N) is 1. The highest BCUT2D eigenvalue weighted by Crippen LogP contribution is 2.34. The molecule has 0 spiro atoms. The fraction of sp³-hybridized carbons (Fsp3) is 0.318. The van der Waals surface area contributed by atoms with Crippen molar-refractivity contribution in [2.45, 2.75) is 31.7 Å². The summed E-state index contributed by atoms with van der Waals surface area (Å²) in [5.74, 6) is -0.381. The Hall–Kier alpha value is -3.15. The zero-order chi connectivity index (χ0) is 19.8. The van der Waals surface area contributed by atoms with Crippen molar-refractivity contribution in [1.82, 2.24) is 5.32 Å². The third-order valence-corrected chi connectivity index (χ3v) is 4.70. The molecule has 1 N–H and O–H groups in total. The fourth-order valence-electron chi connectivity index (χ4n) is 3.20. The average Bonchev–Trinajstić information content (AvgIpc) is 3.20. The number of hydrogen-bond donors (Lipinski definition) is 1. The molecule has 28 heavy (non-hydrogen) atoms. The molecule has 1 unspecified atom stereocenters. The molecule has 1 heterocycles. The lowest BCUT2D eigenvalue weighted by Crippen LogP contribution is -2.31. The fourth-order valence-corrected chi connectivity index (χ4v) is 3.20. The first-order valence-electron chi connectivity index (χ1n) is 9.50. The van der Waals surface area contributed by atoms with Gasteiger partial charge in [-0.1, -0.05) is 48.5 Å². The summed E-state index contributed by atoms with van der Waals surface area (Å²) < 4.78 is 4.62. The van der Waals surface area contributed by atoms with Crippen LogP contribution >= 0.6 is 0 Å². The number of hydrazone groups is 1. The molecular formula is C22H25N3O3. The second-order valence-corrected chi connectivity index (χ2v) is 6.65. The second-order valence-electron chi connectivity index (χ2n) is 6.65. The van der Waals surface area contributed by atoms with Gasteiger partial charge in [0.25, 0.3) is 5.91 Å². The SMILES string of the molecule is COC(=O)CCCCNC(=O)C1=NN(c2ccccc2)C(c2ccccc2)C1. The quantitative estimate of drug-likeness (QED) is 0.563. The number of para-hydroxylation sites is 1. The zero-order valence-electron chi connectivity index (χ0n) is 16.0. The topological polar surface area (TPSA) is 71.0 Å². The van der Waals surface area contributed by atoms with Gasteiger partial charge in [-0.05, 0) is 30.5 Å². The third kappa shape index (κ3) is 4.97. The summed E-state index contributed by atoms with van der Waals surface area (Å²) in [6.45, 7) is 0.510. The van der Waals surface area contributed by atoms with Crippen LogP contribution in [-0.4, -0.2) is 31.2 Å². The molecular weight excluding hydrogens is 354 g/mol. The molecule has 0 aromatic heterocycles. The van der Waals surface area contributed by atoms with Crippen LogP contribution in [0.2, 0.25) is 0 Å². The molecule has 0 saturated heterocycles. The van der Waals surface area contributed by atoms with E-state index in [4.69, 9.17) is 0 Å². The Bertz CT molecular complexity index is 821. The van der Waals surface area contributed by atoms with Crippen molar-refractivity contribution >= 4 is 23.3 Å². The van der Waals surface area contributed by atoms with Crippen LogP contribution in [0.15, 0.2) is 65.8 Å². The smallest absolute Gasteiger partial charge is 0.305 e. The van der Waals surface area contributed by atoms with Gasteiger partial charge in [-0.2, -0.15) is 5.10 Å². The molecule has 0 radical (unpaired) electrons. The molecule has 3 rings (SSSR count). The molecule has 2 aromatic rings. The molecule has 146 valence electrons. The first-order chi connectivity index (χ1) is 13.7. The summed E-state index contributed by atoms with van der Waals surface area (Å²) in [7, 11) is 1.38. The van der Waals surface area contributed by atoms with Crippen molar-refractivity contribution in [2.75, 3.05) is 18.7 Å². The lowest BCUT2D eigenvalue weighted by Gasteiger charge is -2.23. The lowest BCUT2D eigenvalue weighted by atomic mass is 10.0. The number of rotatable bonds is 8. The van der Waals surface area contributed by atoms with Crippen LogP contribution in [-0.2, 0) is 14.3 Å². The molecule has 2 aromatic carbocycles. The summed E-state index contributed by atoms with van der Waals surface area (Å²) in [6, 6.07) is 20.0. The first-order valence-corrected chi connectivity index (χ1v) is 9.50. The molecule has 0 fully saturated rings. The molecule has 1 aliphatic rings. The van der Waals surface area contributed by atoms with E-state index in [-0.39, 0.29) is 17.9 Å². The van der Waals surface area contributed by atoms with Crippen LogP contribution < -0.4 is 10.3 Å². The minimum atomic E-state index is -0.226. The third-order valence-electron chi connectivity index (χ3n) is 4.70. The maximum Gasteiger partial charge on any atom is 0.305 e. The largest absolute Gasteiger partial charge is 0.469 e. The Balaban J connectivity index is 1.64. The van der Waals surface area contributed by atoms with E-state index in [1.54, 1.807) is 0 Å². The number of carbonyl (C=O) groups is 2. The Morgan fingerprint density at radius 2 is 1.75 bits per heavy atom. The molecule has 0 saturated carbocycles. The highest BCUT2D eigenvalue weighted by molar-refractivity contribution is 6.39. The summed E-state index contributed by atoms with van der Waals surface area (Å²) in [5.41, 5.74) is 2.60. The maximum atomic E-state index is 12.6. The first kappa shape index (κ1) is 19.6. The number of hydrogen-bond acceptors (Lipinski definition) is 5. The standard InChI is InChI=1S/C22H25N3O3/c1-28-21(26)14-8-9-15-23-22(27)19-16-20(17-10-4-2-5-11-17)25(24-19)18-12-6-3-7-13-18/h2-7,10-13,20H,8-9,14-16H2,1H3,(H,23,27). The second kappa shape index (κ2) is 9.69. The van der Waals surface area contributed by atoms with Gasteiger partial charge in [0.1, 0.15) is 5.71 Å². The van der Waals surface area contributed by atoms with E-state index in [9.17, 15) is 9.59 Å². The normalized spacial score (nSPS) is 15.8. The van der Waals surface area contributed by atoms with Gasteiger partial charge >= 0.3 is 5.97 Å². The van der Waals surface area contributed by atoms with E-state index in [0.717, 1.165) is 17.7 Å². The van der Waals surface area contributed by atoms with Gasteiger partial charge in [-0.15, -0.1) is 0 Å². The van der Waals surface area contributed by atoms with E-state index < -0.39 is 0 Å². The van der Waals surface area contributed by atoms with Crippen molar-refractivity contribution in [2.24, 2.45) is 5.10 Å². The monoisotopic (exact) mass is 379 g/mol. The number of amides is 1. The van der Waals surface area contributed by atoms with Crippen LogP contribution in [0.3, 0.4) is 0 Å².